The number of benzene rings is 3. The van der Waals surface area contributed by atoms with Crippen molar-refractivity contribution in [3.05, 3.63) is 106 Å². The van der Waals surface area contributed by atoms with Crippen LogP contribution in [-0.4, -0.2) is 23.5 Å². The number of hydrogen-bond donors (Lipinski definition) is 0. The first-order chi connectivity index (χ1) is 14.8. The highest BCUT2D eigenvalue weighted by Crippen LogP contribution is 2.44. The van der Waals surface area contributed by atoms with Gasteiger partial charge >= 0.3 is 0 Å². The SMILES string of the molecule is CC1=C(S(=O)(=O)c2ccccc2)[C@H](c2ccc(C)cc2)N([S@@](=O)c2ccc(C)cc2)C1. The van der Waals surface area contributed by atoms with Gasteiger partial charge in [0.05, 0.1) is 20.7 Å². The Kier molecular flexibility index (Phi) is 5.97. The Labute approximate surface area is 186 Å². The summed E-state index contributed by atoms with van der Waals surface area (Å²) in [7, 11) is -5.26. The molecule has 3 aromatic rings. The highest BCUT2D eigenvalue weighted by molar-refractivity contribution is 7.95. The summed E-state index contributed by atoms with van der Waals surface area (Å²) in [6, 6.07) is 23.2. The van der Waals surface area contributed by atoms with Crippen LogP contribution in [0.2, 0.25) is 0 Å². The predicted molar refractivity (Wildman–Crippen MR) is 125 cm³/mol. The van der Waals surface area contributed by atoms with Gasteiger partial charge in [-0.25, -0.2) is 16.9 Å². The zero-order valence-electron chi connectivity index (χ0n) is 17.8. The molecule has 0 radical (unpaired) electrons. The van der Waals surface area contributed by atoms with Crippen molar-refractivity contribution in [2.75, 3.05) is 6.54 Å². The fraction of sp³-hybridized carbons (Fsp3) is 0.200. The van der Waals surface area contributed by atoms with Crippen LogP contribution in [0.25, 0.3) is 0 Å². The molecule has 160 valence electrons. The van der Waals surface area contributed by atoms with Gasteiger partial charge in [0.25, 0.3) is 0 Å². The Morgan fingerprint density at radius 3 is 1.94 bits per heavy atom. The van der Waals surface area contributed by atoms with E-state index in [4.69, 9.17) is 0 Å². The topological polar surface area (TPSA) is 54.5 Å². The molecule has 2 atom stereocenters. The third-order valence-corrected chi connectivity index (χ3v) is 9.01. The Morgan fingerprint density at radius 1 is 0.806 bits per heavy atom. The minimum absolute atomic E-state index is 0.254. The van der Waals surface area contributed by atoms with Crippen molar-refractivity contribution in [2.24, 2.45) is 0 Å². The Morgan fingerprint density at radius 2 is 1.35 bits per heavy atom. The third kappa shape index (κ3) is 4.15. The van der Waals surface area contributed by atoms with Crippen LogP contribution in [0.1, 0.15) is 29.7 Å². The lowest BCUT2D eigenvalue weighted by Gasteiger charge is -2.26. The monoisotopic (exact) mass is 451 g/mol. The minimum Gasteiger partial charge on any atom is -0.237 e. The molecule has 0 N–H and O–H groups in total. The summed E-state index contributed by atoms with van der Waals surface area (Å²) in [6.45, 7) is 6.11. The van der Waals surface area contributed by atoms with Crippen molar-refractivity contribution in [1.29, 1.82) is 0 Å². The average Bonchev–Trinajstić information content (AvgIpc) is 3.13. The van der Waals surface area contributed by atoms with E-state index in [1.54, 1.807) is 34.6 Å². The van der Waals surface area contributed by atoms with E-state index >= 15 is 0 Å². The molecular formula is C25H25NO3S2. The molecule has 0 unspecified atom stereocenters. The zero-order valence-corrected chi connectivity index (χ0v) is 19.4. The summed E-state index contributed by atoms with van der Waals surface area (Å²) >= 11 is 0. The van der Waals surface area contributed by atoms with E-state index in [-0.39, 0.29) is 4.90 Å². The molecule has 3 aromatic carbocycles. The molecule has 0 fully saturated rings. The molecule has 1 aliphatic rings. The smallest absolute Gasteiger partial charge is 0.204 e. The van der Waals surface area contributed by atoms with Gasteiger partial charge in [0, 0.05) is 6.54 Å². The lowest BCUT2D eigenvalue weighted by atomic mass is 10.1. The highest BCUT2D eigenvalue weighted by Gasteiger charge is 2.42. The van der Waals surface area contributed by atoms with Crippen LogP contribution >= 0.6 is 0 Å². The van der Waals surface area contributed by atoms with Gasteiger partial charge in [-0.15, -0.1) is 0 Å². The molecule has 4 nitrogen and oxygen atoms in total. The van der Waals surface area contributed by atoms with Crippen molar-refractivity contribution < 1.29 is 12.6 Å². The largest absolute Gasteiger partial charge is 0.237 e. The molecule has 0 spiro atoms. The fourth-order valence-electron chi connectivity index (χ4n) is 3.88. The highest BCUT2D eigenvalue weighted by atomic mass is 32.2. The van der Waals surface area contributed by atoms with Crippen LogP contribution in [0, 0.1) is 13.8 Å². The molecule has 4 rings (SSSR count). The Balaban J connectivity index is 1.84. The van der Waals surface area contributed by atoms with Crippen molar-refractivity contribution in [1.82, 2.24) is 4.31 Å². The molecule has 6 heteroatoms. The van der Waals surface area contributed by atoms with Gasteiger partial charge in [-0.3, -0.25) is 0 Å². The van der Waals surface area contributed by atoms with E-state index in [2.05, 4.69) is 0 Å². The van der Waals surface area contributed by atoms with Gasteiger partial charge in [-0.2, -0.15) is 0 Å². The molecule has 0 saturated carbocycles. The summed E-state index contributed by atoms with van der Waals surface area (Å²) in [5, 5.41) is 0. The second-order valence-corrected chi connectivity index (χ2v) is 11.3. The summed E-state index contributed by atoms with van der Waals surface area (Å²) in [5.41, 5.74) is 3.70. The first-order valence-corrected chi connectivity index (χ1v) is 12.7. The van der Waals surface area contributed by atoms with E-state index in [1.165, 1.54) is 0 Å². The van der Waals surface area contributed by atoms with E-state index in [0.29, 0.717) is 16.3 Å². The molecule has 1 heterocycles. The quantitative estimate of drug-likeness (QED) is 0.540. The second-order valence-electron chi connectivity index (χ2n) is 7.91. The zero-order chi connectivity index (χ0) is 22.2. The van der Waals surface area contributed by atoms with Crippen LogP contribution in [0.5, 0.6) is 0 Å². The lowest BCUT2D eigenvalue weighted by Crippen LogP contribution is -2.29. The minimum atomic E-state index is -3.75. The summed E-state index contributed by atoms with van der Waals surface area (Å²) in [6.07, 6.45) is 0. The van der Waals surface area contributed by atoms with Gasteiger partial charge in [0.15, 0.2) is 0 Å². The van der Waals surface area contributed by atoms with Gasteiger partial charge in [-0.1, -0.05) is 65.7 Å². The van der Waals surface area contributed by atoms with Crippen LogP contribution < -0.4 is 0 Å². The maximum absolute atomic E-state index is 13.7. The van der Waals surface area contributed by atoms with Gasteiger partial charge in [-0.05, 0) is 56.2 Å². The van der Waals surface area contributed by atoms with Gasteiger partial charge in [0.2, 0.25) is 9.84 Å². The standard InChI is InChI=1S/C25H25NO3S2/c1-18-9-13-21(14-10-18)24-25(31(28,29)23-7-5-4-6-8-23)20(3)17-26(24)30(27)22-15-11-19(2)12-16-22/h4-16,24H,17H2,1-3H3/t24-,30-/m0/s1. The van der Waals surface area contributed by atoms with Crippen LogP contribution in [0.4, 0.5) is 0 Å². The summed E-state index contributed by atoms with van der Waals surface area (Å²) < 4.78 is 42.7. The maximum Gasteiger partial charge on any atom is 0.204 e. The molecule has 31 heavy (non-hydrogen) atoms. The lowest BCUT2D eigenvalue weighted by molar-refractivity contribution is 0.446. The fourth-order valence-corrected chi connectivity index (χ4v) is 7.17. The van der Waals surface area contributed by atoms with E-state index in [1.807, 2.05) is 69.3 Å². The first-order valence-electron chi connectivity index (χ1n) is 10.1. The normalized spacial score (nSPS) is 18.4. The van der Waals surface area contributed by atoms with Crippen LogP contribution in [-0.2, 0) is 20.8 Å². The van der Waals surface area contributed by atoms with E-state index in [0.717, 1.165) is 22.3 Å². The molecule has 0 bridgehead atoms. The van der Waals surface area contributed by atoms with Crippen molar-refractivity contribution >= 4 is 20.8 Å². The number of nitrogens with zero attached hydrogens (tertiary/aromatic N) is 1. The maximum atomic E-state index is 13.7. The number of rotatable bonds is 5. The molecule has 0 saturated heterocycles. The summed E-state index contributed by atoms with van der Waals surface area (Å²) in [4.78, 5) is 1.24. The molecular weight excluding hydrogens is 426 g/mol. The molecule has 0 aliphatic carbocycles. The van der Waals surface area contributed by atoms with Gasteiger partial charge < -0.3 is 0 Å². The second kappa shape index (κ2) is 8.54. The number of aryl methyl sites for hydroxylation is 2. The van der Waals surface area contributed by atoms with Crippen molar-refractivity contribution in [2.45, 2.75) is 36.6 Å². The van der Waals surface area contributed by atoms with Crippen molar-refractivity contribution in [3.63, 3.8) is 0 Å². The molecule has 1 aliphatic heterocycles. The van der Waals surface area contributed by atoms with Crippen molar-refractivity contribution in [3.8, 4) is 0 Å². The Hall–Kier alpha value is -2.54. The van der Waals surface area contributed by atoms with E-state index in [9.17, 15) is 12.6 Å². The van der Waals surface area contributed by atoms with Gasteiger partial charge in [0.1, 0.15) is 11.0 Å². The summed E-state index contributed by atoms with van der Waals surface area (Å²) in [5.74, 6) is 0. The Bertz CT molecular complexity index is 1250. The molecule has 0 amide bonds. The number of sulfone groups is 1. The van der Waals surface area contributed by atoms with Crippen LogP contribution in [0.15, 0.2) is 99.1 Å². The third-order valence-electron chi connectivity index (χ3n) is 5.52. The molecule has 0 aromatic heterocycles. The van der Waals surface area contributed by atoms with Crippen LogP contribution in [0.3, 0.4) is 0 Å². The first kappa shape index (κ1) is 21.7. The van der Waals surface area contributed by atoms with E-state index < -0.39 is 26.9 Å². The predicted octanol–water partition coefficient (Wildman–Crippen LogP) is 5.13. The average molecular weight is 452 g/mol. The number of hydrogen-bond acceptors (Lipinski definition) is 3.